The molecule has 0 spiro atoms. The van der Waals surface area contributed by atoms with Gasteiger partial charge in [-0.1, -0.05) is 181 Å². The lowest BCUT2D eigenvalue weighted by Gasteiger charge is -2.15. The molecule has 3 heteroatoms. The van der Waals surface area contributed by atoms with Crippen LogP contribution < -0.4 is 4.74 Å². The van der Waals surface area contributed by atoms with Crippen molar-refractivity contribution in [3.05, 3.63) is 194 Å². The Morgan fingerprint density at radius 3 is 1.62 bits per heavy atom. The van der Waals surface area contributed by atoms with Gasteiger partial charge < -0.3 is 4.74 Å². The molecule has 1 unspecified atom stereocenters. The molecule has 0 saturated carbocycles. The Balaban J connectivity index is 1.39. The maximum Gasteiger partial charge on any atom is 0.119 e. The largest absolute Gasteiger partial charge is 0.494 e. The zero-order chi connectivity index (χ0) is 37.0. The molecule has 0 bridgehead atoms. The van der Waals surface area contributed by atoms with Crippen molar-refractivity contribution in [2.45, 2.75) is 46.5 Å². The summed E-state index contributed by atoms with van der Waals surface area (Å²) in [6.45, 7) is 7.70. The molecule has 6 aromatic carbocycles. The molecule has 6 aromatic rings. The number of rotatable bonds is 15. The molecule has 0 fully saturated rings. The molecule has 1 nitrogen and oxygen atoms in total. The molecule has 0 amide bonds. The highest BCUT2D eigenvalue weighted by Gasteiger charge is 2.12. The van der Waals surface area contributed by atoms with Crippen LogP contribution in [0.1, 0.15) is 79.8 Å². The van der Waals surface area contributed by atoms with Gasteiger partial charge in [0.2, 0.25) is 0 Å². The molecular weight excluding hydrogens is 776 g/mol. The maximum absolute atomic E-state index is 6.27. The fraction of sp³-hybridized carbons (Fsp3) is 0.200. The van der Waals surface area contributed by atoms with Crippen molar-refractivity contribution in [1.29, 1.82) is 0 Å². The first kappa shape index (κ1) is 38.3. The van der Waals surface area contributed by atoms with Crippen LogP contribution in [0.15, 0.2) is 161 Å². The van der Waals surface area contributed by atoms with Crippen molar-refractivity contribution in [1.82, 2.24) is 0 Å². The minimum absolute atomic E-state index is 0.667. The van der Waals surface area contributed by atoms with Crippen LogP contribution in [-0.2, 0) is 0 Å². The zero-order valence-corrected chi connectivity index (χ0v) is 34.1. The Labute approximate surface area is 333 Å². The normalized spacial score (nSPS) is 12.6. The third kappa shape index (κ3) is 11.0. The molecule has 6 rings (SSSR count). The van der Waals surface area contributed by atoms with Gasteiger partial charge in [-0.05, 0) is 129 Å². The highest BCUT2D eigenvalue weighted by atomic mass is 79.9. The van der Waals surface area contributed by atoms with Gasteiger partial charge in [-0.2, -0.15) is 0 Å². The first-order valence-corrected chi connectivity index (χ1v) is 20.3. The van der Waals surface area contributed by atoms with Gasteiger partial charge in [-0.25, -0.2) is 0 Å². The predicted octanol–water partition coefficient (Wildman–Crippen LogP) is 15.3. The smallest absolute Gasteiger partial charge is 0.119 e. The van der Waals surface area contributed by atoms with E-state index in [4.69, 9.17) is 4.74 Å². The first-order chi connectivity index (χ1) is 25.8. The lowest BCUT2D eigenvalue weighted by Crippen LogP contribution is -2.04. The molecular formula is C50H48Br2O. The fourth-order valence-corrected chi connectivity index (χ4v) is 7.18. The summed E-state index contributed by atoms with van der Waals surface area (Å²) < 4.78 is 8.40. The summed E-state index contributed by atoms with van der Waals surface area (Å²) in [6, 6.07) is 53.9. The molecule has 0 aliphatic carbocycles. The van der Waals surface area contributed by atoms with Crippen molar-refractivity contribution < 1.29 is 4.74 Å². The highest BCUT2D eigenvalue weighted by molar-refractivity contribution is 9.10. The number of hydrogen-bond acceptors (Lipinski definition) is 1. The van der Waals surface area contributed by atoms with E-state index in [0.29, 0.717) is 5.92 Å². The summed E-state index contributed by atoms with van der Waals surface area (Å²) in [7, 11) is 0. The monoisotopic (exact) mass is 822 g/mol. The van der Waals surface area contributed by atoms with E-state index in [-0.39, 0.29) is 0 Å². The Morgan fingerprint density at radius 2 is 1.08 bits per heavy atom. The van der Waals surface area contributed by atoms with E-state index in [2.05, 4.69) is 216 Å². The Morgan fingerprint density at radius 1 is 0.547 bits per heavy atom. The predicted molar refractivity (Wildman–Crippen MR) is 235 cm³/mol. The number of benzene rings is 6. The summed E-state index contributed by atoms with van der Waals surface area (Å²) in [6.07, 6.45) is 9.57. The van der Waals surface area contributed by atoms with Gasteiger partial charge in [0.1, 0.15) is 5.75 Å². The van der Waals surface area contributed by atoms with Crippen LogP contribution in [0, 0.1) is 11.8 Å². The second kappa shape index (κ2) is 19.1. The van der Waals surface area contributed by atoms with Crippen LogP contribution in [0.4, 0.5) is 0 Å². The Hall–Kier alpha value is -4.44. The van der Waals surface area contributed by atoms with E-state index < -0.39 is 0 Å². The van der Waals surface area contributed by atoms with E-state index in [0.717, 1.165) is 61.5 Å². The number of ether oxygens (including phenoxy) is 1. The van der Waals surface area contributed by atoms with Crippen molar-refractivity contribution in [2.75, 3.05) is 6.61 Å². The lowest BCUT2D eigenvalue weighted by atomic mass is 9.90. The zero-order valence-electron chi connectivity index (χ0n) is 30.9. The topological polar surface area (TPSA) is 9.23 Å². The highest BCUT2D eigenvalue weighted by Crippen LogP contribution is 2.35. The average Bonchev–Trinajstić information content (AvgIpc) is 3.18. The van der Waals surface area contributed by atoms with E-state index in [9.17, 15) is 0 Å². The van der Waals surface area contributed by atoms with Crippen molar-refractivity contribution in [3.63, 3.8) is 0 Å². The van der Waals surface area contributed by atoms with Gasteiger partial charge in [0, 0.05) is 8.95 Å². The molecule has 0 N–H and O–H groups in total. The molecule has 0 aliphatic heterocycles. The molecule has 0 saturated heterocycles. The number of halogens is 2. The SMILES string of the molecule is CC(C)CCCC(C)CCOc1ccc(-c2cc(/C=C(\c3ccccc3)c3ccc(Br)cc3)ccc2/C=C(\c2ccccc2)c2ccc(Br)cc2)cc1. The van der Waals surface area contributed by atoms with Crippen LogP contribution >= 0.6 is 31.9 Å². The first-order valence-electron chi connectivity index (χ1n) is 18.8. The molecule has 0 radical (unpaired) electrons. The summed E-state index contributed by atoms with van der Waals surface area (Å²) in [5, 5.41) is 0. The summed E-state index contributed by atoms with van der Waals surface area (Å²) in [4.78, 5) is 0. The molecule has 268 valence electrons. The standard InChI is InChI=1S/C50H48Br2O/c1-36(2)11-10-12-37(3)31-32-53-47-29-23-43(24-30-47)49-34-38(33-48(39-13-6-4-7-14-39)41-19-25-45(51)26-20-41)17-18-44(49)35-50(40-15-8-5-9-16-40)42-21-27-46(52)28-22-42/h4-9,13-30,33-37H,10-12,31-32H2,1-3H3/b48-33+,50-35+. The van der Waals surface area contributed by atoms with Crippen LogP contribution in [0.5, 0.6) is 5.75 Å². The third-order valence-electron chi connectivity index (χ3n) is 9.69. The summed E-state index contributed by atoms with van der Waals surface area (Å²) >= 11 is 7.25. The van der Waals surface area contributed by atoms with Gasteiger partial charge in [-0.3, -0.25) is 0 Å². The second-order valence-electron chi connectivity index (χ2n) is 14.3. The number of hydrogen-bond donors (Lipinski definition) is 0. The van der Waals surface area contributed by atoms with Crippen molar-refractivity contribution in [3.8, 4) is 16.9 Å². The summed E-state index contributed by atoms with van der Waals surface area (Å²) in [5.41, 5.74) is 11.6. The average molecular weight is 825 g/mol. The molecule has 53 heavy (non-hydrogen) atoms. The molecule has 0 heterocycles. The Bertz CT molecular complexity index is 2090. The van der Waals surface area contributed by atoms with E-state index >= 15 is 0 Å². The van der Waals surface area contributed by atoms with E-state index in [1.54, 1.807) is 0 Å². The van der Waals surface area contributed by atoms with Crippen LogP contribution in [0.25, 0.3) is 34.4 Å². The lowest BCUT2D eigenvalue weighted by molar-refractivity contribution is 0.276. The van der Waals surface area contributed by atoms with Gasteiger partial charge in [0.15, 0.2) is 0 Å². The second-order valence-corrected chi connectivity index (χ2v) is 16.1. The molecule has 1 atom stereocenters. The van der Waals surface area contributed by atoms with Gasteiger partial charge in [0.25, 0.3) is 0 Å². The van der Waals surface area contributed by atoms with Gasteiger partial charge in [-0.15, -0.1) is 0 Å². The van der Waals surface area contributed by atoms with Crippen molar-refractivity contribution in [2.24, 2.45) is 11.8 Å². The Kier molecular flexibility index (Phi) is 13.8. The van der Waals surface area contributed by atoms with Crippen LogP contribution in [0.3, 0.4) is 0 Å². The van der Waals surface area contributed by atoms with Crippen LogP contribution in [-0.4, -0.2) is 6.61 Å². The quantitative estimate of drug-likeness (QED) is 0.0938. The summed E-state index contributed by atoms with van der Waals surface area (Å²) in [5.74, 6) is 2.35. The fourth-order valence-electron chi connectivity index (χ4n) is 6.65. The van der Waals surface area contributed by atoms with Crippen molar-refractivity contribution >= 4 is 55.2 Å². The molecule has 0 aromatic heterocycles. The molecule has 0 aliphatic rings. The van der Waals surface area contributed by atoms with Gasteiger partial charge in [0.05, 0.1) is 6.61 Å². The van der Waals surface area contributed by atoms with E-state index in [1.165, 1.54) is 47.1 Å². The van der Waals surface area contributed by atoms with E-state index in [1.807, 2.05) is 0 Å². The van der Waals surface area contributed by atoms with Crippen LogP contribution in [0.2, 0.25) is 0 Å². The minimum atomic E-state index is 0.667. The minimum Gasteiger partial charge on any atom is -0.494 e. The third-order valence-corrected chi connectivity index (χ3v) is 10.7. The van der Waals surface area contributed by atoms with Gasteiger partial charge >= 0.3 is 0 Å². The maximum atomic E-state index is 6.27.